The van der Waals surface area contributed by atoms with Gasteiger partial charge in [-0.1, -0.05) is 95.9 Å². The van der Waals surface area contributed by atoms with Gasteiger partial charge >= 0.3 is 0 Å². The van der Waals surface area contributed by atoms with Crippen LogP contribution < -0.4 is 0 Å². The molecule has 1 saturated carbocycles. The molecule has 3 heterocycles. The van der Waals surface area contributed by atoms with Crippen LogP contribution in [-0.4, -0.2) is 65.8 Å². The molecule has 1 aliphatic carbocycles. The molecule has 4 aliphatic rings. The maximum Gasteiger partial charge on any atom is 0.224 e. The van der Waals surface area contributed by atoms with Gasteiger partial charge in [0.05, 0.1) is 37.6 Å². The molecule has 0 N–H and O–H groups in total. The van der Waals surface area contributed by atoms with Crippen LogP contribution in [0.5, 0.6) is 0 Å². The molecule has 8 heteroatoms. The minimum atomic E-state index is -2.01. The lowest BCUT2D eigenvalue weighted by Gasteiger charge is -2.60. The van der Waals surface area contributed by atoms with Gasteiger partial charge in [-0.3, -0.25) is 0 Å². The molecular formula is C36H70O6Si2. The van der Waals surface area contributed by atoms with E-state index in [1.165, 1.54) is 12.8 Å². The lowest BCUT2D eigenvalue weighted by Crippen LogP contribution is -2.72. The molecule has 0 bridgehead atoms. The van der Waals surface area contributed by atoms with Crippen molar-refractivity contribution >= 4 is 16.6 Å². The summed E-state index contributed by atoms with van der Waals surface area (Å²) in [6, 6.07) is 0. The summed E-state index contributed by atoms with van der Waals surface area (Å²) in [5.74, 6) is -1.78. The van der Waals surface area contributed by atoms with Crippen LogP contribution in [0, 0.1) is 0 Å². The van der Waals surface area contributed by atoms with E-state index in [1.54, 1.807) is 0 Å². The van der Waals surface area contributed by atoms with Crippen molar-refractivity contribution in [2.24, 2.45) is 0 Å². The van der Waals surface area contributed by atoms with Gasteiger partial charge in [0.15, 0.2) is 16.6 Å². The molecule has 0 aromatic rings. The Balaban J connectivity index is 1.59. The van der Waals surface area contributed by atoms with Crippen LogP contribution >= 0.6 is 0 Å². The predicted molar refractivity (Wildman–Crippen MR) is 185 cm³/mol. The molecule has 2 spiro atoms. The summed E-state index contributed by atoms with van der Waals surface area (Å²) in [7, 11) is -4.02. The number of hydrogen-bond acceptors (Lipinski definition) is 6. The van der Waals surface area contributed by atoms with Crippen molar-refractivity contribution in [3.8, 4) is 0 Å². The highest BCUT2D eigenvalue weighted by atomic mass is 28.4. The fourth-order valence-corrected chi connectivity index (χ4v) is 21.3. The zero-order valence-electron chi connectivity index (χ0n) is 30.7. The summed E-state index contributed by atoms with van der Waals surface area (Å²) in [5, 5.41) is 0. The van der Waals surface area contributed by atoms with Gasteiger partial charge in [-0.2, -0.15) is 0 Å². The Kier molecular flexibility index (Phi) is 12.4. The summed E-state index contributed by atoms with van der Waals surface area (Å²) in [4.78, 5) is 0. The van der Waals surface area contributed by atoms with Crippen molar-refractivity contribution in [3.63, 3.8) is 0 Å². The first kappa shape index (κ1) is 37.0. The maximum atomic E-state index is 7.19. The van der Waals surface area contributed by atoms with Gasteiger partial charge in [-0.15, -0.1) is 0 Å². The van der Waals surface area contributed by atoms with Gasteiger partial charge in [0.1, 0.15) is 0 Å². The Morgan fingerprint density at radius 1 is 0.477 bits per heavy atom. The monoisotopic (exact) mass is 654 g/mol. The quantitative estimate of drug-likeness (QED) is 0.195. The molecular weight excluding hydrogens is 585 g/mol. The first-order chi connectivity index (χ1) is 20.7. The largest absolute Gasteiger partial charge is 0.413 e. The first-order valence-electron chi connectivity index (χ1n) is 18.6. The van der Waals surface area contributed by atoms with Gasteiger partial charge in [0, 0.05) is 12.8 Å². The van der Waals surface area contributed by atoms with E-state index in [4.69, 9.17) is 27.8 Å². The van der Waals surface area contributed by atoms with Crippen molar-refractivity contribution in [2.75, 3.05) is 13.2 Å². The minimum Gasteiger partial charge on any atom is -0.413 e. The molecule has 0 radical (unpaired) electrons. The third kappa shape index (κ3) is 6.86. The third-order valence-electron chi connectivity index (χ3n) is 12.1. The van der Waals surface area contributed by atoms with Crippen molar-refractivity contribution in [2.45, 2.75) is 217 Å². The second kappa shape index (κ2) is 14.8. The molecule has 3 saturated heterocycles. The zero-order chi connectivity index (χ0) is 32.5. The van der Waals surface area contributed by atoms with Crippen molar-refractivity contribution in [3.05, 3.63) is 0 Å². The third-order valence-corrected chi connectivity index (χ3v) is 24.3. The van der Waals surface area contributed by atoms with Crippen molar-refractivity contribution in [1.29, 1.82) is 0 Å². The summed E-state index contributed by atoms with van der Waals surface area (Å²) >= 11 is 0. The molecule has 0 amide bonds. The fourth-order valence-electron chi connectivity index (χ4n) is 10.3. The second-order valence-electron chi connectivity index (χ2n) is 16.6. The lowest BCUT2D eigenvalue weighted by atomic mass is 9.84. The Hall–Kier alpha value is 0.194. The predicted octanol–water partition coefficient (Wildman–Crippen LogP) is 10.3. The van der Waals surface area contributed by atoms with Crippen LogP contribution in [0.4, 0.5) is 0 Å². The summed E-state index contributed by atoms with van der Waals surface area (Å²) in [6.07, 6.45) is 10.2. The Morgan fingerprint density at radius 3 is 1.09 bits per heavy atom. The zero-order valence-corrected chi connectivity index (χ0v) is 32.7. The number of hydrogen-bond donors (Lipinski definition) is 0. The van der Waals surface area contributed by atoms with Crippen LogP contribution in [0.25, 0.3) is 0 Å². The SMILES string of the molecule is CC(C)[Si](OC[C@H]1CCC[C@@]2(O1)O[C@H]1CCCC[C@@H]1O[C@]21CCC[C@H](CO[Si](C(C)C)(C(C)C)C(C)C)O1)(C(C)C)C(C)C. The van der Waals surface area contributed by atoms with Gasteiger partial charge < -0.3 is 27.8 Å². The molecule has 0 aromatic carbocycles. The standard InChI is InChI=1S/C36H70O6Si2/c1-25(2)43(26(3)4,27(5)6)37-23-31-17-15-21-35(39-31)36(42-34-20-14-13-19-33(34)41-35)22-16-18-32(40-36)24-38-44(28(7)8,29(9)10)30(11)12/h25-34H,13-24H2,1-12H3/t31-,32-,33+,34+,35-,36-/m1/s1. The Morgan fingerprint density at radius 2 is 0.795 bits per heavy atom. The molecule has 0 aromatic heterocycles. The molecule has 0 unspecified atom stereocenters. The lowest BCUT2D eigenvalue weighted by molar-refractivity contribution is -0.497. The topological polar surface area (TPSA) is 55.4 Å². The minimum absolute atomic E-state index is 0.0180. The molecule has 6 nitrogen and oxygen atoms in total. The van der Waals surface area contributed by atoms with E-state index in [0.29, 0.717) is 46.5 Å². The summed E-state index contributed by atoms with van der Waals surface area (Å²) < 4.78 is 42.9. The van der Waals surface area contributed by atoms with E-state index < -0.39 is 28.2 Å². The van der Waals surface area contributed by atoms with Crippen LogP contribution in [0.15, 0.2) is 0 Å². The molecule has 3 aliphatic heterocycles. The van der Waals surface area contributed by atoms with Gasteiger partial charge in [0.25, 0.3) is 0 Å². The fraction of sp³-hybridized carbons (Fsp3) is 1.00. The highest BCUT2D eigenvalue weighted by Gasteiger charge is 2.65. The number of fused-ring (bicyclic) bond motifs is 2. The second-order valence-corrected chi connectivity index (χ2v) is 27.5. The normalized spacial score (nSPS) is 34.0. The van der Waals surface area contributed by atoms with Gasteiger partial charge in [-0.05, 0) is 71.8 Å². The molecule has 4 fully saturated rings. The smallest absolute Gasteiger partial charge is 0.224 e. The van der Waals surface area contributed by atoms with Crippen LogP contribution in [0.1, 0.15) is 147 Å². The molecule has 44 heavy (non-hydrogen) atoms. The van der Waals surface area contributed by atoms with Crippen molar-refractivity contribution < 1.29 is 27.8 Å². The van der Waals surface area contributed by atoms with Crippen LogP contribution in [-0.2, 0) is 27.8 Å². The molecule has 4 rings (SSSR count). The Labute approximate surface area is 273 Å². The van der Waals surface area contributed by atoms with E-state index in [9.17, 15) is 0 Å². The Bertz CT molecular complexity index is 794. The summed E-state index contributed by atoms with van der Waals surface area (Å²) in [5.41, 5.74) is 3.27. The number of rotatable bonds is 12. The molecule has 258 valence electrons. The van der Waals surface area contributed by atoms with E-state index >= 15 is 0 Å². The van der Waals surface area contributed by atoms with E-state index in [0.717, 1.165) is 51.4 Å². The van der Waals surface area contributed by atoms with Gasteiger partial charge in [-0.25, -0.2) is 0 Å². The number of ether oxygens (including phenoxy) is 4. The van der Waals surface area contributed by atoms with Crippen LogP contribution in [0.3, 0.4) is 0 Å². The molecule has 6 atom stereocenters. The van der Waals surface area contributed by atoms with Gasteiger partial charge in [0.2, 0.25) is 11.6 Å². The van der Waals surface area contributed by atoms with E-state index in [1.807, 2.05) is 0 Å². The highest BCUT2D eigenvalue weighted by Crippen LogP contribution is 2.54. The summed E-state index contributed by atoms with van der Waals surface area (Å²) in [6.45, 7) is 29.6. The first-order valence-corrected chi connectivity index (χ1v) is 22.9. The average molecular weight is 655 g/mol. The maximum absolute atomic E-state index is 7.19. The van der Waals surface area contributed by atoms with E-state index in [-0.39, 0.29) is 24.4 Å². The average Bonchev–Trinajstić information content (AvgIpc) is 2.93. The van der Waals surface area contributed by atoms with Crippen LogP contribution in [0.2, 0.25) is 33.2 Å². The highest BCUT2D eigenvalue weighted by molar-refractivity contribution is 6.78. The van der Waals surface area contributed by atoms with Crippen molar-refractivity contribution in [1.82, 2.24) is 0 Å². The van der Waals surface area contributed by atoms with E-state index in [2.05, 4.69) is 83.1 Å².